The van der Waals surface area contributed by atoms with Crippen LogP contribution >= 0.6 is 23.4 Å². The smallest absolute Gasteiger partial charge is 0.256 e. The van der Waals surface area contributed by atoms with Crippen molar-refractivity contribution in [2.75, 3.05) is 17.9 Å². The lowest BCUT2D eigenvalue weighted by molar-refractivity contribution is -0.113. The van der Waals surface area contributed by atoms with E-state index in [2.05, 4.69) is 10.3 Å². The summed E-state index contributed by atoms with van der Waals surface area (Å²) in [5.74, 6) is 1.90. The number of aromatic nitrogens is 1. The van der Waals surface area contributed by atoms with Gasteiger partial charge in [0.1, 0.15) is 0 Å². The molecule has 8 heteroatoms. The predicted octanol–water partition coefficient (Wildman–Crippen LogP) is 4.45. The van der Waals surface area contributed by atoms with Gasteiger partial charge < -0.3 is 19.2 Å². The number of halogens is 1. The van der Waals surface area contributed by atoms with Crippen LogP contribution in [0.1, 0.15) is 0 Å². The normalized spacial score (nSPS) is 12.2. The number of ether oxygens (including phenoxy) is 2. The minimum Gasteiger partial charge on any atom is -0.454 e. The molecule has 4 rings (SSSR count). The van der Waals surface area contributed by atoms with Gasteiger partial charge in [0.05, 0.1) is 11.9 Å². The molecular weight excluding hydrogens is 376 g/mol. The molecule has 0 unspecified atom stereocenters. The number of fused-ring (bicyclic) bond motifs is 1. The van der Waals surface area contributed by atoms with Crippen molar-refractivity contribution in [1.29, 1.82) is 0 Å². The lowest BCUT2D eigenvalue weighted by Gasteiger charge is -2.05. The van der Waals surface area contributed by atoms with Gasteiger partial charge in [-0.15, -0.1) is 0 Å². The van der Waals surface area contributed by atoms with Gasteiger partial charge in [-0.25, -0.2) is 4.98 Å². The van der Waals surface area contributed by atoms with Gasteiger partial charge >= 0.3 is 0 Å². The van der Waals surface area contributed by atoms with Crippen molar-refractivity contribution in [2.45, 2.75) is 5.22 Å². The van der Waals surface area contributed by atoms with Gasteiger partial charge in [0.25, 0.3) is 5.22 Å². The van der Waals surface area contributed by atoms with Crippen molar-refractivity contribution in [3.8, 4) is 22.8 Å². The van der Waals surface area contributed by atoms with Crippen molar-refractivity contribution in [1.82, 2.24) is 4.98 Å². The van der Waals surface area contributed by atoms with Crippen LogP contribution in [0.2, 0.25) is 5.02 Å². The Hall–Kier alpha value is -2.64. The second-order valence-electron chi connectivity index (χ2n) is 5.41. The predicted molar refractivity (Wildman–Crippen MR) is 98.9 cm³/mol. The number of benzene rings is 2. The Labute approximate surface area is 158 Å². The fourth-order valence-electron chi connectivity index (χ4n) is 2.40. The largest absolute Gasteiger partial charge is 0.454 e. The minimum absolute atomic E-state index is 0.170. The third-order valence-corrected chi connectivity index (χ3v) is 4.65. The molecule has 3 aromatic rings. The molecular formula is C18H13ClN2O4S. The number of rotatable bonds is 5. The summed E-state index contributed by atoms with van der Waals surface area (Å²) in [6.07, 6.45) is 1.61. The first-order valence-electron chi connectivity index (χ1n) is 7.71. The van der Waals surface area contributed by atoms with Crippen molar-refractivity contribution in [3.05, 3.63) is 53.7 Å². The van der Waals surface area contributed by atoms with Crippen molar-refractivity contribution >= 4 is 35.0 Å². The molecule has 6 nitrogen and oxygen atoms in total. The molecule has 26 heavy (non-hydrogen) atoms. The van der Waals surface area contributed by atoms with Crippen molar-refractivity contribution < 1.29 is 18.7 Å². The molecule has 0 fully saturated rings. The molecule has 2 heterocycles. The molecule has 1 amide bonds. The number of nitrogens with one attached hydrogen (secondary N) is 1. The van der Waals surface area contributed by atoms with E-state index in [1.54, 1.807) is 36.5 Å². The van der Waals surface area contributed by atoms with Crippen LogP contribution in [0.15, 0.2) is 58.3 Å². The summed E-state index contributed by atoms with van der Waals surface area (Å²) in [6.45, 7) is 0.196. The summed E-state index contributed by atoms with van der Waals surface area (Å²) in [4.78, 5) is 16.3. The van der Waals surface area contributed by atoms with E-state index in [4.69, 9.17) is 25.5 Å². The Morgan fingerprint density at radius 3 is 2.96 bits per heavy atom. The van der Waals surface area contributed by atoms with Gasteiger partial charge in [-0.2, -0.15) is 0 Å². The SMILES string of the molecule is O=C(CSc1ncc(-c2cccc(Cl)c2)o1)Nc1ccc2c(c1)OCO2. The van der Waals surface area contributed by atoms with Crippen LogP contribution in [0.5, 0.6) is 11.5 Å². The standard InChI is InChI=1S/C18H13ClN2O4S/c19-12-3-1-2-11(6-12)16-8-20-18(25-16)26-9-17(22)21-13-4-5-14-15(7-13)24-10-23-14/h1-8H,9-10H2,(H,21,22). The zero-order valence-electron chi connectivity index (χ0n) is 13.4. The summed E-state index contributed by atoms with van der Waals surface area (Å²) < 4.78 is 16.2. The Balaban J connectivity index is 1.35. The highest BCUT2D eigenvalue weighted by molar-refractivity contribution is 7.99. The third-order valence-electron chi connectivity index (χ3n) is 3.58. The molecule has 2 aromatic carbocycles. The van der Waals surface area contributed by atoms with Crippen LogP contribution in [0.25, 0.3) is 11.3 Å². The highest BCUT2D eigenvalue weighted by Crippen LogP contribution is 2.34. The molecule has 1 aliphatic rings. The van der Waals surface area contributed by atoms with E-state index >= 15 is 0 Å². The molecule has 132 valence electrons. The average Bonchev–Trinajstić information content (AvgIpc) is 3.29. The Morgan fingerprint density at radius 2 is 2.08 bits per heavy atom. The number of carbonyl (C=O) groups is 1. The molecule has 1 N–H and O–H groups in total. The number of amides is 1. The lowest BCUT2D eigenvalue weighted by Crippen LogP contribution is -2.13. The van der Waals surface area contributed by atoms with Crippen molar-refractivity contribution in [2.24, 2.45) is 0 Å². The van der Waals surface area contributed by atoms with Gasteiger partial charge in [-0.3, -0.25) is 4.79 Å². The van der Waals surface area contributed by atoms with Crippen LogP contribution in [-0.2, 0) is 4.79 Å². The van der Waals surface area contributed by atoms with E-state index in [0.29, 0.717) is 33.2 Å². The van der Waals surface area contributed by atoms with E-state index in [1.807, 2.05) is 12.1 Å². The molecule has 0 atom stereocenters. The number of thioether (sulfide) groups is 1. The van der Waals surface area contributed by atoms with Gasteiger partial charge in [0.2, 0.25) is 12.7 Å². The molecule has 0 bridgehead atoms. The first-order chi connectivity index (χ1) is 12.7. The molecule has 1 aromatic heterocycles. The number of nitrogens with zero attached hydrogens (tertiary/aromatic N) is 1. The highest BCUT2D eigenvalue weighted by atomic mass is 35.5. The molecule has 0 saturated carbocycles. The zero-order valence-corrected chi connectivity index (χ0v) is 15.0. The van der Waals surface area contributed by atoms with Gasteiger partial charge in [-0.05, 0) is 24.3 Å². The zero-order chi connectivity index (χ0) is 17.9. The van der Waals surface area contributed by atoms with Gasteiger partial charge in [0.15, 0.2) is 17.3 Å². The Bertz CT molecular complexity index is 960. The number of anilines is 1. The summed E-state index contributed by atoms with van der Waals surface area (Å²) >= 11 is 7.19. The third kappa shape index (κ3) is 3.79. The van der Waals surface area contributed by atoms with Crippen LogP contribution < -0.4 is 14.8 Å². The number of hydrogen-bond acceptors (Lipinski definition) is 6. The average molecular weight is 389 g/mol. The highest BCUT2D eigenvalue weighted by Gasteiger charge is 2.15. The van der Waals surface area contributed by atoms with E-state index in [9.17, 15) is 4.79 Å². The van der Waals surface area contributed by atoms with Crippen LogP contribution in [0.4, 0.5) is 5.69 Å². The number of oxazole rings is 1. The topological polar surface area (TPSA) is 73.6 Å². The maximum Gasteiger partial charge on any atom is 0.256 e. The maximum absolute atomic E-state index is 12.1. The van der Waals surface area contributed by atoms with E-state index < -0.39 is 0 Å². The molecule has 1 aliphatic heterocycles. The number of hydrogen-bond donors (Lipinski definition) is 1. The van der Waals surface area contributed by atoms with Gasteiger partial charge in [0, 0.05) is 22.3 Å². The minimum atomic E-state index is -0.170. The quantitative estimate of drug-likeness (QED) is 0.651. The summed E-state index contributed by atoms with van der Waals surface area (Å²) in [6, 6.07) is 12.6. The van der Waals surface area contributed by atoms with Crippen LogP contribution in [-0.4, -0.2) is 23.4 Å². The van der Waals surface area contributed by atoms with E-state index in [1.165, 1.54) is 11.8 Å². The summed E-state index contributed by atoms with van der Waals surface area (Å²) in [7, 11) is 0. The Kier molecular flexibility index (Phi) is 4.73. The second kappa shape index (κ2) is 7.31. The van der Waals surface area contributed by atoms with Crippen LogP contribution in [0.3, 0.4) is 0 Å². The maximum atomic E-state index is 12.1. The fraction of sp³-hybridized carbons (Fsp3) is 0.111. The number of carbonyl (C=O) groups excluding carboxylic acids is 1. The fourth-order valence-corrected chi connectivity index (χ4v) is 3.19. The molecule has 0 aliphatic carbocycles. The Morgan fingerprint density at radius 1 is 1.19 bits per heavy atom. The molecule has 0 saturated heterocycles. The molecule has 0 radical (unpaired) electrons. The van der Waals surface area contributed by atoms with Gasteiger partial charge in [-0.1, -0.05) is 35.5 Å². The summed E-state index contributed by atoms with van der Waals surface area (Å²) in [5, 5.41) is 3.84. The first-order valence-corrected chi connectivity index (χ1v) is 9.08. The van der Waals surface area contributed by atoms with Crippen molar-refractivity contribution in [3.63, 3.8) is 0 Å². The second-order valence-corrected chi connectivity index (χ2v) is 6.77. The monoisotopic (exact) mass is 388 g/mol. The molecule has 0 spiro atoms. The van der Waals surface area contributed by atoms with E-state index in [-0.39, 0.29) is 18.5 Å². The first kappa shape index (κ1) is 16.8. The lowest BCUT2D eigenvalue weighted by atomic mass is 10.2. The summed E-state index contributed by atoms with van der Waals surface area (Å²) in [5.41, 5.74) is 1.48. The van der Waals surface area contributed by atoms with E-state index in [0.717, 1.165) is 5.56 Å². The van der Waals surface area contributed by atoms with Crippen LogP contribution in [0, 0.1) is 0 Å².